The van der Waals surface area contributed by atoms with Crippen LogP contribution in [0.5, 0.6) is 0 Å². The molecule has 1 aromatic carbocycles. The van der Waals surface area contributed by atoms with Crippen molar-refractivity contribution in [2.45, 2.75) is 6.92 Å². The second-order valence-electron chi connectivity index (χ2n) is 6.14. The molecule has 7 heteroatoms. The van der Waals surface area contributed by atoms with E-state index < -0.39 is 0 Å². The lowest BCUT2D eigenvalue weighted by Crippen LogP contribution is -2.49. The van der Waals surface area contributed by atoms with E-state index in [2.05, 4.69) is 26.8 Å². The summed E-state index contributed by atoms with van der Waals surface area (Å²) in [5.74, 6) is 0.0803. The molecule has 2 heterocycles. The number of anilines is 2. The fourth-order valence-electron chi connectivity index (χ4n) is 2.90. The number of aryl methyl sites for hydroxylation is 1. The second-order valence-corrected chi connectivity index (χ2v) is 6.14. The van der Waals surface area contributed by atoms with Crippen molar-refractivity contribution in [1.82, 2.24) is 14.9 Å². The van der Waals surface area contributed by atoms with Crippen molar-refractivity contribution in [1.29, 1.82) is 0 Å². The standard InChI is InChI=1S/C19H22FN5O/c1-3-8-21-19-22-14(2)13-17(23-19)18(26)25-11-9-24(10-12-25)16-6-4-15(20)5-7-16/h3-7,13H,1,8-12H2,2H3,(H,21,22,23). The van der Waals surface area contributed by atoms with Gasteiger partial charge in [0.05, 0.1) is 0 Å². The van der Waals surface area contributed by atoms with Crippen LogP contribution in [0.3, 0.4) is 0 Å². The molecular weight excluding hydrogens is 333 g/mol. The van der Waals surface area contributed by atoms with Gasteiger partial charge in [-0.05, 0) is 37.3 Å². The molecule has 136 valence electrons. The molecule has 0 atom stereocenters. The van der Waals surface area contributed by atoms with Gasteiger partial charge in [0.2, 0.25) is 5.95 Å². The van der Waals surface area contributed by atoms with Crippen LogP contribution in [0.4, 0.5) is 16.0 Å². The Kier molecular flexibility index (Phi) is 5.46. The molecule has 1 fully saturated rings. The lowest BCUT2D eigenvalue weighted by atomic mass is 10.2. The molecule has 1 aliphatic rings. The highest BCUT2D eigenvalue weighted by atomic mass is 19.1. The zero-order valence-electron chi connectivity index (χ0n) is 14.8. The minimum absolute atomic E-state index is 0.101. The Morgan fingerprint density at radius 3 is 2.58 bits per heavy atom. The van der Waals surface area contributed by atoms with Crippen LogP contribution >= 0.6 is 0 Å². The Morgan fingerprint density at radius 2 is 1.92 bits per heavy atom. The van der Waals surface area contributed by atoms with Gasteiger partial charge in [-0.15, -0.1) is 6.58 Å². The Bertz CT molecular complexity index is 785. The monoisotopic (exact) mass is 355 g/mol. The molecule has 1 N–H and O–H groups in total. The van der Waals surface area contributed by atoms with Crippen molar-refractivity contribution in [3.8, 4) is 0 Å². The molecule has 2 aromatic rings. The second kappa shape index (κ2) is 7.95. The van der Waals surface area contributed by atoms with Gasteiger partial charge in [-0.1, -0.05) is 6.08 Å². The molecule has 0 radical (unpaired) electrons. The molecule has 0 spiro atoms. The third-order valence-corrected chi connectivity index (χ3v) is 4.24. The fraction of sp³-hybridized carbons (Fsp3) is 0.316. The van der Waals surface area contributed by atoms with E-state index in [9.17, 15) is 9.18 Å². The highest BCUT2D eigenvalue weighted by Crippen LogP contribution is 2.18. The van der Waals surface area contributed by atoms with Gasteiger partial charge < -0.3 is 15.1 Å². The summed E-state index contributed by atoms with van der Waals surface area (Å²) in [4.78, 5) is 25.3. The molecule has 3 rings (SSSR count). The Hall–Kier alpha value is -2.96. The third kappa shape index (κ3) is 4.17. The van der Waals surface area contributed by atoms with Crippen LogP contribution in [0, 0.1) is 12.7 Å². The summed E-state index contributed by atoms with van der Waals surface area (Å²) in [5, 5.41) is 3.02. The molecule has 0 bridgehead atoms. The van der Waals surface area contributed by atoms with Gasteiger partial charge in [0.25, 0.3) is 5.91 Å². The van der Waals surface area contributed by atoms with Crippen LogP contribution < -0.4 is 10.2 Å². The van der Waals surface area contributed by atoms with Crippen molar-refractivity contribution < 1.29 is 9.18 Å². The predicted molar refractivity (Wildman–Crippen MR) is 100.0 cm³/mol. The van der Waals surface area contributed by atoms with Gasteiger partial charge in [0, 0.05) is 44.1 Å². The number of carbonyl (C=O) groups excluding carboxylic acids is 1. The number of rotatable bonds is 5. The van der Waals surface area contributed by atoms with Crippen LogP contribution in [0.15, 0.2) is 43.0 Å². The molecule has 26 heavy (non-hydrogen) atoms. The molecular formula is C19H22FN5O. The van der Waals surface area contributed by atoms with E-state index in [4.69, 9.17) is 0 Å². The number of hydrogen-bond donors (Lipinski definition) is 1. The Balaban J connectivity index is 1.65. The lowest BCUT2D eigenvalue weighted by Gasteiger charge is -2.36. The van der Waals surface area contributed by atoms with Crippen molar-refractivity contribution >= 4 is 17.5 Å². The topological polar surface area (TPSA) is 61.4 Å². The van der Waals surface area contributed by atoms with Gasteiger partial charge in [-0.2, -0.15) is 0 Å². The quantitative estimate of drug-likeness (QED) is 0.835. The fourth-order valence-corrected chi connectivity index (χ4v) is 2.90. The van der Waals surface area contributed by atoms with Gasteiger partial charge in [0.15, 0.2) is 0 Å². The maximum atomic E-state index is 13.1. The zero-order valence-corrected chi connectivity index (χ0v) is 14.8. The average molecular weight is 355 g/mol. The van der Waals surface area contributed by atoms with Crippen LogP contribution in [0.1, 0.15) is 16.2 Å². The van der Waals surface area contributed by atoms with Crippen LogP contribution in [-0.4, -0.2) is 53.5 Å². The molecule has 0 aliphatic carbocycles. The SMILES string of the molecule is C=CCNc1nc(C)cc(C(=O)N2CCN(c3ccc(F)cc3)CC2)n1. The van der Waals surface area contributed by atoms with Crippen LogP contribution in [-0.2, 0) is 0 Å². The van der Waals surface area contributed by atoms with E-state index in [1.807, 2.05) is 6.92 Å². The van der Waals surface area contributed by atoms with Crippen molar-refractivity contribution in [2.75, 3.05) is 42.9 Å². The molecule has 6 nitrogen and oxygen atoms in total. The lowest BCUT2D eigenvalue weighted by molar-refractivity contribution is 0.0740. The van der Waals surface area contributed by atoms with E-state index in [1.165, 1.54) is 12.1 Å². The van der Waals surface area contributed by atoms with Gasteiger partial charge in [0.1, 0.15) is 11.5 Å². The Labute approximate surface area is 152 Å². The van der Waals surface area contributed by atoms with Crippen molar-refractivity contribution in [2.24, 2.45) is 0 Å². The molecule has 1 saturated heterocycles. The van der Waals surface area contributed by atoms with Gasteiger partial charge >= 0.3 is 0 Å². The summed E-state index contributed by atoms with van der Waals surface area (Å²) in [6.07, 6.45) is 1.71. The number of halogens is 1. The van der Waals surface area contributed by atoms with Gasteiger partial charge in [-0.25, -0.2) is 14.4 Å². The first-order valence-electron chi connectivity index (χ1n) is 8.57. The summed E-state index contributed by atoms with van der Waals surface area (Å²) in [7, 11) is 0. The zero-order chi connectivity index (χ0) is 18.5. The van der Waals surface area contributed by atoms with E-state index in [-0.39, 0.29) is 11.7 Å². The molecule has 1 aromatic heterocycles. The average Bonchev–Trinajstić information content (AvgIpc) is 2.66. The number of nitrogens with one attached hydrogen (secondary N) is 1. The van der Waals surface area contributed by atoms with Crippen LogP contribution in [0.25, 0.3) is 0 Å². The normalized spacial score (nSPS) is 14.2. The number of piperazine rings is 1. The first-order chi connectivity index (χ1) is 12.6. The summed E-state index contributed by atoms with van der Waals surface area (Å²) in [6, 6.07) is 8.13. The summed E-state index contributed by atoms with van der Waals surface area (Å²) in [5.41, 5.74) is 2.09. The molecule has 1 aliphatic heterocycles. The number of amides is 1. The Morgan fingerprint density at radius 1 is 1.23 bits per heavy atom. The number of benzene rings is 1. The maximum Gasteiger partial charge on any atom is 0.272 e. The maximum absolute atomic E-state index is 13.1. The van der Waals surface area contributed by atoms with Crippen molar-refractivity contribution in [3.63, 3.8) is 0 Å². The van der Waals surface area contributed by atoms with Gasteiger partial charge in [-0.3, -0.25) is 4.79 Å². The molecule has 0 saturated carbocycles. The molecule has 0 unspecified atom stereocenters. The van der Waals surface area contributed by atoms with E-state index in [0.29, 0.717) is 44.4 Å². The number of carbonyl (C=O) groups is 1. The highest BCUT2D eigenvalue weighted by molar-refractivity contribution is 5.92. The summed E-state index contributed by atoms with van der Waals surface area (Å²) >= 11 is 0. The highest BCUT2D eigenvalue weighted by Gasteiger charge is 2.24. The van der Waals surface area contributed by atoms with E-state index >= 15 is 0 Å². The van der Waals surface area contributed by atoms with Crippen molar-refractivity contribution in [3.05, 3.63) is 60.2 Å². The summed E-state index contributed by atoms with van der Waals surface area (Å²) in [6.45, 7) is 8.60. The van der Waals surface area contributed by atoms with E-state index in [0.717, 1.165) is 11.4 Å². The summed E-state index contributed by atoms with van der Waals surface area (Å²) < 4.78 is 13.1. The third-order valence-electron chi connectivity index (χ3n) is 4.24. The minimum Gasteiger partial charge on any atom is -0.368 e. The minimum atomic E-state index is -0.248. The van der Waals surface area contributed by atoms with E-state index in [1.54, 1.807) is 29.2 Å². The predicted octanol–water partition coefficient (Wildman–Crippen LogP) is 2.48. The number of aromatic nitrogens is 2. The smallest absolute Gasteiger partial charge is 0.272 e. The molecule has 1 amide bonds. The first-order valence-corrected chi connectivity index (χ1v) is 8.57. The number of hydrogen-bond acceptors (Lipinski definition) is 5. The number of nitrogens with zero attached hydrogens (tertiary/aromatic N) is 4. The largest absolute Gasteiger partial charge is 0.368 e. The van der Waals surface area contributed by atoms with Crippen LogP contribution in [0.2, 0.25) is 0 Å². The first kappa shape index (κ1) is 17.8.